The second-order valence-corrected chi connectivity index (χ2v) is 5.00. The van der Waals surface area contributed by atoms with Crippen LogP contribution in [0.15, 0.2) is 18.7 Å². The summed E-state index contributed by atoms with van der Waals surface area (Å²) in [5.74, 6) is 0.576. The highest BCUT2D eigenvalue weighted by Gasteiger charge is 2.16. The third-order valence-corrected chi connectivity index (χ3v) is 2.58. The fourth-order valence-electron chi connectivity index (χ4n) is 1.85. The van der Waals surface area contributed by atoms with E-state index in [0.29, 0.717) is 24.4 Å². The van der Waals surface area contributed by atoms with Crippen molar-refractivity contribution < 1.29 is 4.79 Å². The van der Waals surface area contributed by atoms with Gasteiger partial charge in [0.25, 0.3) is 0 Å². The van der Waals surface area contributed by atoms with Gasteiger partial charge in [0.1, 0.15) is 6.33 Å². The maximum Gasteiger partial charge on any atom is 0.241 e. The molecule has 2 rings (SSSR count). The lowest BCUT2D eigenvalue weighted by atomic mass is 10.2. The van der Waals surface area contributed by atoms with Crippen LogP contribution in [0.1, 0.15) is 13.8 Å². The van der Waals surface area contributed by atoms with Crippen molar-refractivity contribution in [1.82, 2.24) is 24.5 Å². The molecule has 0 spiro atoms. The van der Waals surface area contributed by atoms with Crippen molar-refractivity contribution in [2.24, 2.45) is 11.7 Å². The monoisotopic (exact) mass is 290 g/mol. The summed E-state index contributed by atoms with van der Waals surface area (Å²) in [5.41, 5.74) is 11.0. The Balaban J connectivity index is 2.37. The van der Waals surface area contributed by atoms with E-state index in [-0.39, 0.29) is 12.5 Å². The zero-order chi connectivity index (χ0) is 15.4. The molecule has 9 heteroatoms. The second kappa shape index (κ2) is 6.16. The van der Waals surface area contributed by atoms with Gasteiger partial charge < -0.3 is 16.4 Å². The number of imidazole rings is 1. The van der Waals surface area contributed by atoms with Crippen molar-refractivity contribution in [3.63, 3.8) is 0 Å². The third-order valence-electron chi connectivity index (χ3n) is 2.58. The molecular weight excluding hydrogens is 272 g/mol. The molecule has 0 saturated heterocycles. The Bertz CT molecular complexity index is 610. The molecule has 21 heavy (non-hydrogen) atoms. The summed E-state index contributed by atoms with van der Waals surface area (Å²) < 4.78 is 1.61. The van der Waals surface area contributed by atoms with Gasteiger partial charge in [-0.05, 0) is 5.92 Å². The Hall–Kier alpha value is -2.71. The molecule has 112 valence electrons. The fraction of sp³-hybridized carbons (Fsp3) is 0.417. The quantitative estimate of drug-likeness (QED) is 0.739. The lowest BCUT2D eigenvalue weighted by Gasteiger charge is -2.23. The Morgan fingerprint density at radius 3 is 2.71 bits per heavy atom. The third kappa shape index (κ3) is 3.88. The summed E-state index contributed by atoms with van der Waals surface area (Å²) in [6.07, 6.45) is 4.85. The van der Waals surface area contributed by atoms with Crippen molar-refractivity contribution in [2.75, 3.05) is 23.7 Å². The number of primary amides is 1. The van der Waals surface area contributed by atoms with Gasteiger partial charge >= 0.3 is 0 Å². The van der Waals surface area contributed by atoms with Crippen molar-refractivity contribution in [3.8, 4) is 5.95 Å². The zero-order valence-corrected chi connectivity index (χ0v) is 12.0. The molecule has 4 N–H and O–H groups in total. The minimum Gasteiger partial charge on any atom is -0.368 e. The Morgan fingerprint density at radius 2 is 2.14 bits per heavy atom. The van der Waals surface area contributed by atoms with Crippen LogP contribution in [0.25, 0.3) is 5.95 Å². The predicted octanol–water partition coefficient (Wildman–Crippen LogP) is -0.413. The SMILES string of the molecule is CC(C)CN(CC(N)=O)c1nc(N)nc(-n2ccnc2)n1. The largest absolute Gasteiger partial charge is 0.368 e. The van der Waals surface area contributed by atoms with Crippen LogP contribution in [0, 0.1) is 5.92 Å². The van der Waals surface area contributed by atoms with E-state index in [9.17, 15) is 4.79 Å². The summed E-state index contributed by atoms with van der Waals surface area (Å²) in [5, 5.41) is 0. The smallest absolute Gasteiger partial charge is 0.241 e. The topological polar surface area (TPSA) is 129 Å². The van der Waals surface area contributed by atoms with Gasteiger partial charge in [0.05, 0.1) is 6.54 Å². The standard InChI is InChI=1S/C12H18N8O/c1-8(2)5-20(6-9(13)21)12-17-10(14)16-11(18-12)19-4-3-15-7-19/h3-4,7-8H,5-6H2,1-2H3,(H2,13,21)(H2,14,16,17,18). The molecule has 0 aliphatic rings. The molecule has 0 unspecified atom stereocenters. The number of aromatic nitrogens is 5. The van der Waals surface area contributed by atoms with E-state index in [0.717, 1.165) is 0 Å². The molecule has 2 aromatic heterocycles. The molecule has 1 amide bonds. The molecule has 2 aromatic rings. The van der Waals surface area contributed by atoms with E-state index >= 15 is 0 Å². The summed E-state index contributed by atoms with van der Waals surface area (Å²) in [6.45, 7) is 4.64. The molecule has 0 aliphatic heterocycles. The maximum atomic E-state index is 11.2. The van der Waals surface area contributed by atoms with Gasteiger partial charge in [0, 0.05) is 18.9 Å². The van der Waals surface area contributed by atoms with Crippen molar-refractivity contribution >= 4 is 17.8 Å². The molecule has 0 fully saturated rings. The molecule has 0 aromatic carbocycles. The molecule has 0 aliphatic carbocycles. The zero-order valence-electron chi connectivity index (χ0n) is 12.0. The molecule has 0 radical (unpaired) electrons. The van der Waals surface area contributed by atoms with E-state index in [2.05, 4.69) is 19.9 Å². The van der Waals surface area contributed by atoms with Crippen LogP contribution in [0.3, 0.4) is 0 Å². The first-order valence-electron chi connectivity index (χ1n) is 6.49. The first kappa shape index (κ1) is 14.7. The Labute approximate surface area is 122 Å². The number of hydrogen-bond donors (Lipinski definition) is 2. The van der Waals surface area contributed by atoms with Gasteiger partial charge in [0.2, 0.25) is 23.8 Å². The number of nitrogens with two attached hydrogens (primary N) is 2. The Kier molecular flexibility index (Phi) is 4.31. The van der Waals surface area contributed by atoms with E-state index in [4.69, 9.17) is 11.5 Å². The number of amides is 1. The van der Waals surface area contributed by atoms with Crippen molar-refractivity contribution in [3.05, 3.63) is 18.7 Å². The summed E-state index contributed by atoms with van der Waals surface area (Å²) >= 11 is 0. The van der Waals surface area contributed by atoms with E-state index in [1.807, 2.05) is 13.8 Å². The van der Waals surface area contributed by atoms with Gasteiger partial charge in [-0.15, -0.1) is 0 Å². The molecular formula is C12H18N8O. The van der Waals surface area contributed by atoms with Crippen LogP contribution in [0.5, 0.6) is 0 Å². The van der Waals surface area contributed by atoms with Gasteiger partial charge in [-0.25, -0.2) is 4.98 Å². The molecule has 0 atom stereocenters. The first-order chi connectivity index (χ1) is 9.95. The number of carbonyl (C=O) groups is 1. The highest BCUT2D eigenvalue weighted by atomic mass is 16.1. The molecule has 0 saturated carbocycles. The van der Waals surface area contributed by atoms with Crippen LogP contribution in [0.2, 0.25) is 0 Å². The van der Waals surface area contributed by atoms with Crippen LogP contribution in [-0.4, -0.2) is 43.5 Å². The van der Waals surface area contributed by atoms with E-state index in [1.165, 1.54) is 0 Å². The highest BCUT2D eigenvalue weighted by Crippen LogP contribution is 2.13. The summed E-state index contributed by atoms with van der Waals surface area (Å²) in [6, 6.07) is 0. The van der Waals surface area contributed by atoms with Crippen LogP contribution >= 0.6 is 0 Å². The number of hydrogen-bond acceptors (Lipinski definition) is 7. The van der Waals surface area contributed by atoms with Crippen LogP contribution in [-0.2, 0) is 4.79 Å². The van der Waals surface area contributed by atoms with Gasteiger partial charge in [0.15, 0.2) is 0 Å². The van der Waals surface area contributed by atoms with Gasteiger partial charge in [-0.3, -0.25) is 9.36 Å². The second-order valence-electron chi connectivity index (χ2n) is 5.00. The number of carbonyl (C=O) groups excluding carboxylic acids is 1. The minimum atomic E-state index is -0.459. The van der Waals surface area contributed by atoms with Crippen molar-refractivity contribution in [2.45, 2.75) is 13.8 Å². The van der Waals surface area contributed by atoms with E-state index < -0.39 is 5.91 Å². The lowest BCUT2D eigenvalue weighted by molar-refractivity contribution is -0.116. The van der Waals surface area contributed by atoms with Crippen molar-refractivity contribution in [1.29, 1.82) is 0 Å². The van der Waals surface area contributed by atoms with Crippen LogP contribution in [0.4, 0.5) is 11.9 Å². The normalized spacial score (nSPS) is 10.8. The fourth-order valence-corrected chi connectivity index (χ4v) is 1.85. The number of anilines is 2. The number of nitrogens with zero attached hydrogens (tertiary/aromatic N) is 6. The van der Waals surface area contributed by atoms with Gasteiger partial charge in [-0.1, -0.05) is 13.8 Å². The first-order valence-corrected chi connectivity index (χ1v) is 6.49. The average molecular weight is 290 g/mol. The summed E-state index contributed by atoms with van der Waals surface area (Å²) in [4.78, 5) is 29.3. The predicted molar refractivity (Wildman–Crippen MR) is 77.6 cm³/mol. The lowest BCUT2D eigenvalue weighted by Crippen LogP contribution is -2.37. The number of nitrogen functional groups attached to an aromatic ring is 1. The summed E-state index contributed by atoms with van der Waals surface area (Å²) in [7, 11) is 0. The number of rotatable bonds is 6. The minimum absolute atomic E-state index is 0.0189. The maximum absolute atomic E-state index is 11.2. The molecule has 0 bridgehead atoms. The van der Waals surface area contributed by atoms with E-state index in [1.54, 1.807) is 28.2 Å². The van der Waals surface area contributed by atoms with Crippen LogP contribution < -0.4 is 16.4 Å². The van der Waals surface area contributed by atoms with Gasteiger partial charge in [-0.2, -0.15) is 15.0 Å². The molecule has 9 nitrogen and oxygen atoms in total. The Morgan fingerprint density at radius 1 is 1.38 bits per heavy atom. The average Bonchev–Trinajstić information content (AvgIpc) is 2.90. The molecule has 2 heterocycles. The highest BCUT2D eigenvalue weighted by molar-refractivity contribution is 5.78.